The number of fused-ring (bicyclic) bond motifs is 3. The number of alkyl halides is 2. The summed E-state index contributed by atoms with van der Waals surface area (Å²) < 4.78 is 0. The summed E-state index contributed by atoms with van der Waals surface area (Å²) in [5.41, 5.74) is 13.5. The molecule has 0 saturated carbocycles. The summed E-state index contributed by atoms with van der Waals surface area (Å²) in [5.74, 6) is 0. The number of hydrogen-bond acceptors (Lipinski definition) is 0. The summed E-state index contributed by atoms with van der Waals surface area (Å²) in [5, 5.41) is 0.194. The normalized spacial score (nSPS) is 11.6. The molecule has 0 amide bonds. The molecule has 214 valence electrons. The Labute approximate surface area is 282 Å². The van der Waals surface area contributed by atoms with Crippen LogP contribution in [0.2, 0.25) is 0 Å². The summed E-state index contributed by atoms with van der Waals surface area (Å²) in [6.07, 6.45) is 0.944. The molecule has 3 heteroatoms. The minimum Gasteiger partial charge on any atom is -0.214 e. The van der Waals surface area contributed by atoms with Crippen molar-refractivity contribution in [3.05, 3.63) is 138 Å². The fraction of sp³-hybridized carbons (Fsp3) is 0.256. The third-order valence-corrected chi connectivity index (χ3v) is 7.38. The maximum Gasteiger partial charge on any atom is 2.00 e. The van der Waals surface area contributed by atoms with Gasteiger partial charge in [0.2, 0.25) is 0 Å². The van der Waals surface area contributed by atoms with Gasteiger partial charge in [0.1, 0.15) is 0 Å². The minimum absolute atomic E-state index is 0. The molecule has 0 heterocycles. The molecular formula is C39H40Cl2Zr. The van der Waals surface area contributed by atoms with Gasteiger partial charge in [0, 0.05) is 0 Å². The van der Waals surface area contributed by atoms with Crippen molar-refractivity contribution in [3.63, 3.8) is 0 Å². The van der Waals surface area contributed by atoms with Crippen LogP contribution in [0.1, 0.15) is 63.8 Å². The van der Waals surface area contributed by atoms with Gasteiger partial charge in [-0.1, -0.05) is 131 Å². The van der Waals surface area contributed by atoms with Crippen molar-refractivity contribution in [1.82, 2.24) is 0 Å². The second-order valence-electron chi connectivity index (χ2n) is 12.5. The molecule has 0 N–H and O–H groups in total. The molecule has 0 bridgehead atoms. The van der Waals surface area contributed by atoms with E-state index in [2.05, 4.69) is 126 Å². The van der Waals surface area contributed by atoms with Crippen LogP contribution in [0.3, 0.4) is 0 Å². The van der Waals surface area contributed by atoms with Crippen LogP contribution in [-0.4, -0.2) is 5.34 Å². The van der Waals surface area contributed by atoms with E-state index in [1.165, 1.54) is 55.6 Å². The molecule has 1 aliphatic carbocycles. The van der Waals surface area contributed by atoms with Crippen LogP contribution in [-0.2, 0) is 43.5 Å². The molecule has 5 aromatic rings. The van der Waals surface area contributed by atoms with Gasteiger partial charge in [-0.25, -0.2) is 12.1 Å². The summed E-state index contributed by atoms with van der Waals surface area (Å²) in [7, 11) is 0. The SMILES string of the molecule is CC(C)(C)c1cc2c([c-]c1-c1ccccc1)Cc1cc(-c3ccccc3)c(C(C)(C)C)cc1-2.ClCCl.[Zr+2].c1cc[cH-]c1. The third-order valence-electron chi connectivity index (χ3n) is 7.38. The molecule has 0 unspecified atom stereocenters. The second-order valence-corrected chi connectivity index (χ2v) is 13.3. The van der Waals surface area contributed by atoms with E-state index in [1.54, 1.807) is 0 Å². The summed E-state index contributed by atoms with van der Waals surface area (Å²) in [6, 6.07) is 42.8. The Morgan fingerprint density at radius 1 is 0.643 bits per heavy atom. The average molecular weight is 671 g/mol. The topological polar surface area (TPSA) is 0 Å². The molecule has 0 fully saturated rings. The first-order valence-electron chi connectivity index (χ1n) is 14.2. The Morgan fingerprint density at radius 2 is 1.14 bits per heavy atom. The fourth-order valence-corrected chi connectivity index (χ4v) is 5.42. The Kier molecular flexibility index (Phi) is 12.1. The van der Waals surface area contributed by atoms with Crippen molar-refractivity contribution in [2.45, 2.75) is 58.8 Å². The first-order chi connectivity index (χ1) is 19.5. The quantitative estimate of drug-likeness (QED) is 0.127. The van der Waals surface area contributed by atoms with E-state index in [4.69, 9.17) is 23.2 Å². The smallest absolute Gasteiger partial charge is 0.214 e. The minimum atomic E-state index is 0. The van der Waals surface area contributed by atoms with Crippen LogP contribution in [0, 0.1) is 6.07 Å². The zero-order valence-electron chi connectivity index (χ0n) is 25.6. The molecule has 0 aliphatic heterocycles. The maximum atomic E-state index is 4.76. The maximum absolute atomic E-state index is 4.76. The number of hydrogen-bond donors (Lipinski definition) is 0. The Balaban J connectivity index is 0.000000473. The summed E-state index contributed by atoms with van der Waals surface area (Å²) in [4.78, 5) is 0. The summed E-state index contributed by atoms with van der Waals surface area (Å²) >= 11 is 9.53. The van der Waals surface area contributed by atoms with E-state index >= 15 is 0 Å². The van der Waals surface area contributed by atoms with Crippen molar-refractivity contribution in [1.29, 1.82) is 0 Å². The van der Waals surface area contributed by atoms with E-state index in [1.807, 2.05) is 30.3 Å². The van der Waals surface area contributed by atoms with Gasteiger partial charge in [-0.2, -0.15) is 18.2 Å². The largest absolute Gasteiger partial charge is 2.00 e. The van der Waals surface area contributed by atoms with E-state index < -0.39 is 0 Å². The van der Waals surface area contributed by atoms with Crippen LogP contribution in [0.25, 0.3) is 33.4 Å². The van der Waals surface area contributed by atoms with Crippen LogP contribution in [0.5, 0.6) is 0 Å². The van der Waals surface area contributed by atoms with Crippen molar-refractivity contribution < 1.29 is 26.2 Å². The van der Waals surface area contributed by atoms with Gasteiger partial charge in [0.05, 0.1) is 5.34 Å². The van der Waals surface area contributed by atoms with E-state index in [-0.39, 0.29) is 42.4 Å². The van der Waals surface area contributed by atoms with Crippen molar-refractivity contribution in [3.8, 4) is 33.4 Å². The standard InChI is InChI=1S/C33H33.C5H5.CH2Cl2.Zr/c1-32(2,3)30-20-26-24(18-28(30)22-13-9-7-10-14-22)17-25-19-29(23-15-11-8-12-16-23)31(21-27(25)26)33(4,5)6;1-2-4-5-3-1;2-1-3;/h7-16,18,20-21H,17H2,1-6H3;1-5H;1H2;/q2*-1;;+2. The van der Waals surface area contributed by atoms with Crippen molar-refractivity contribution in [2.24, 2.45) is 0 Å². The van der Waals surface area contributed by atoms with E-state index in [0.29, 0.717) is 0 Å². The van der Waals surface area contributed by atoms with Gasteiger partial charge in [-0.05, 0) is 39.5 Å². The van der Waals surface area contributed by atoms with E-state index in [0.717, 1.165) is 6.42 Å². The third kappa shape index (κ3) is 8.20. The predicted molar refractivity (Wildman–Crippen MR) is 180 cm³/mol. The predicted octanol–water partition coefficient (Wildman–Crippen LogP) is 11.8. The molecule has 0 saturated heterocycles. The molecule has 0 spiro atoms. The Morgan fingerprint density at radius 3 is 1.62 bits per heavy atom. The van der Waals surface area contributed by atoms with Crippen LogP contribution >= 0.6 is 23.2 Å². The van der Waals surface area contributed by atoms with Crippen LogP contribution in [0.4, 0.5) is 0 Å². The van der Waals surface area contributed by atoms with Gasteiger partial charge >= 0.3 is 26.2 Å². The zero-order valence-corrected chi connectivity index (χ0v) is 29.5. The number of rotatable bonds is 2. The van der Waals surface area contributed by atoms with Crippen LogP contribution in [0.15, 0.2) is 109 Å². The molecule has 42 heavy (non-hydrogen) atoms. The first-order valence-corrected chi connectivity index (χ1v) is 15.3. The van der Waals surface area contributed by atoms with Gasteiger partial charge in [-0.15, -0.1) is 52.0 Å². The van der Waals surface area contributed by atoms with Gasteiger partial charge in [0.25, 0.3) is 0 Å². The molecule has 0 aromatic heterocycles. The number of halogens is 2. The Bertz CT molecular complexity index is 1420. The average Bonchev–Trinajstić information content (AvgIpc) is 3.64. The van der Waals surface area contributed by atoms with Gasteiger partial charge in [-0.3, -0.25) is 0 Å². The monoisotopic (exact) mass is 668 g/mol. The molecule has 0 atom stereocenters. The molecule has 5 aromatic carbocycles. The van der Waals surface area contributed by atoms with Gasteiger partial charge in [0.15, 0.2) is 0 Å². The van der Waals surface area contributed by atoms with Crippen molar-refractivity contribution in [2.75, 3.05) is 5.34 Å². The van der Waals surface area contributed by atoms with Crippen molar-refractivity contribution >= 4 is 23.2 Å². The Hall–Kier alpha value is -2.31. The van der Waals surface area contributed by atoms with Gasteiger partial charge < -0.3 is 0 Å². The second kappa shape index (κ2) is 14.9. The van der Waals surface area contributed by atoms with Crippen LogP contribution < -0.4 is 0 Å². The fourth-order valence-electron chi connectivity index (χ4n) is 5.42. The molecule has 0 nitrogen and oxygen atoms in total. The number of benzene rings is 4. The zero-order chi connectivity index (χ0) is 29.6. The molecule has 0 radical (unpaired) electrons. The van der Waals surface area contributed by atoms with E-state index in [9.17, 15) is 0 Å². The molecule has 1 aliphatic rings. The summed E-state index contributed by atoms with van der Waals surface area (Å²) in [6.45, 7) is 13.9. The molecule has 6 rings (SSSR count). The first kappa shape index (κ1) is 34.2. The molecular weight excluding hydrogens is 631 g/mol.